The van der Waals surface area contributed by atoms with Gasteiger partial charge >= 0.3 is 0 Å². The van der Waals surface area contributed by atoms with Gasteiger partial charge in [-0.3, -0.25) is 5.21 Å². The zero-order valence-electron chi connectivity index (χ0n) is 20.7. The van der Waals surface area contributed by atoms with E-state index in [0.29, 0.717) is 23.2 Å². The van der Waals surface area contributed by atoms with Crippen molar-refractivity contribution >= 4 is 28.9 Å². The quantitative estimate of drug-likeness (QED) is 0.432. The fourth-order valence-corrected chi connectivity index (χ4v) is 3.64. The predicted octanol–water partition coefficient (Wildman–Crippen LogP) is 7.07. The van der Waals surface area contributed by atoms with Crippen LogP contribution in [0.3, 0.4) is 0 Å². The molecule has 34 heavy (non-hydrogen) atoms. The molecule has 0 atom stereocenters. The minimum absolute atomic E-state index is 0.0269. The average Bonchev–Trinajstić information content (AvgIpc) is 3.22. The Balaban J connectivity index is 1.71. The molecule has 0 aromatic heterocycles. The van der Waals surface area contributed by atoms with Crippen LogP contribution in [0, 0.1) is 0 Å². The van der Waals surface area contributed by atoms with Crippen molar-refractivity contribution in [3.05, 3.63) is 95.6 Å². The van der Waals surface area contributed by atoms with E-state index in [2.05, 4.69) is 63.7 Å². The molecule has 0 saturated heterocycles. The summed E-state index contributed by atoms with van der Waals surface area (Å²) < 4.78 is 0. The number of hydrogen-bond acceptors (Lipinski definition) is 4. The second kappa shape index (κ2) is 8.99. The topological polar surface area (TPSA) is 60.5 Å². The lowest BCUT2D eigenvalue weighted by molar-refractivity contribution is 0.314. The van der Waals surface area contributed by atoms with Crippen LogP contribution in [-0.2, 0) is 10.8 Å². The van der Waals surface area contributed by atoms with E-state index in [1.165, 1.54) is 11.1 Å². The average molecular weight is 453 g/mol. The van der Waals surface area contributed by atoms with Crippen LogP contribution >= 0.6 is 0 Å². The second-order valence-electron chi connectivity index (χ2n) is 10.6. The highest BCUT2D eigenvalue weighted by atomic mass is 16.5. The Morgan fingerprint density at radius 3 is 1.74 bits per heavy atom. The summed E-state index contributed by atoms with van der Waals surface area (Å²) in [7, 11) is 0. The van der Waals surface area contributed by atoms with Crippen molar-refractivity contribution in [3.8, 4) is 0 Å². The first kappa shape index (κ1) is 23.6. The lowest BCUT2D eigenvalue weighted by Gasteiger charge is -2.21. The minimum Gasteiger partial charge on any atom is -0.282 e. The van der Waals surface area contributed by atoms with E-state index in [1.54, 1.807) is 0 Å². The number of benzene rings is 3. The Morgan fingerprint density at radius 1 is 0.676 bits per heavy atom. The normalized spacial score (nSPS) is 15.3. The van der Waals surface area contributed by atoms with Gasteiger partial charge in [0, 0.05) is 5.56 Å². The largest absolute Gasteiger partial charge is 0.282 e. The lowest BCUT2D eigenvalue weighted by atomic mass is 9.87. The smallest absolute Gasteiger partial charge is 0.205 e. The number of hydroxylamine groups is 1. The first-order chi connectivity index (χ1) is 16.0. The van der Waals surface area contributed by atoms with Crippen LogP contribution in [0.2, 0.25) is 0 Å². The van der Waals surface area contributed by atoms with Crippen molar-refractivity contribution in [2.24, 2.45) is 15.0 Å². The van der Waals surface area contributed by atoms with Gasteiger partial charge in [0.25, 0.3) is 0 Å². The van der Waals surface area contributed by atoms with E-state index in [4.69, 9.17) is 4.99 Å². The van der Waals surface area contributed by atoms with Crippen LogP contribution in [0.4, 0.5) is 11.4 Å². The van der Waals surface area contributed by atoms with E-state index >= 15 is 0 Å². The van der Waals surface area contributed by atoms with Crippen LogP contribution in [0.1, 0.15) is 58.2 Å². The summed E-state index contributed by atoms with van der Waals surface area (Å²) >= 11 is 0. The van der Waals surface area contributed by atoms with Gasteiger partial charge in [-0.1, -0.05) is 96.1 Å². The predicted molar refractivity (Wildman–Crippen MR) is 142 cm³/mol. The third-order valence-electron chi connectivity index (χ3n) is 5.80. The number of nitrogens with zero attached hydrogens (tertiary/aromatic N) is 4. The Kier molecular flexibility index (Phi) is 6.24. The highest BCUT2D eigenvalue weighted by Gasteiger charge is 2.26. The van der Waals surface area contributed by atoms with Crippen molar-refractivity contribution < 1.29 is 5.21 Å². The lowest BCUT2D eigenvalue weighted by Crippen LogP contribution is -2.31. The van der Waals surface area contributed by atoms with Crippen LogP contribution < -0.4 is 5.06 Å². The molecule has 1 N–H and O–H groups in total. The summed E-state index contributed by atoms with van der Waals surface area (Å²) in [6.45, 7) is 13.0. The zero-order chi connectivity index (χ0) is 24.5. The summed E-state index contributed by atoms with van der Waals surface area (Å²) in [4.78, 5) is 14.1. The van der Waals surface area contributed by atoms with Crippen molar-refractivity contribution in [1.29, 1.82) is 0 Å². The number of aliphatic imine (C=N–C) groups is 3. The molecule has 0 unspecified atom stereocenters. The summed E-state index contributed by atoms with van der Waals surface area (Å²) in [5.74, 6) is 1.18. The maximum absolute atomic E-state index is 11.1. The molecule has 3 aromatic rings. The molecule has 0 fully saturated rings. The summed E-state index contributed by atoms with van der Waals surface area (Å²) in [6.07, 6.45) is 0. The summed E-state index contributed by atoms with van der Waals surface area (Å²) in [6, 6.07) is 25.6. The van der Waals surface area contributed by atoms with Gasteiger partial charge in [0.05, 0.1) is 11.4 Å². The van der Waals surface area contributed by atoms with E-state index in [1.807, 2.05) is 66.7 Å². The molecule has 1 heterocycles. The molecule has 0 bridgehead atoms. The van der Waals surface area contributed by atoms with Gasteiger partial charge in [0.1, 0.15) is 0 Å². The first-order valence-corrected chi connectivity index (χ1v) is 11.5. The molecule has 0 spiro atoms. The standard InChI is InChI=1S/C29H32N4O/c1-28(2,3)21-12-16-23(17-13-21)30-26-27(32-25(31-26)20-10-8-7-9-11-20)33(34)24-18-14-22(15-19-24)29(4,5)6/h7-19,34H,1-6H3. The SMILES string of the molecule is CC(C)(C)c1ccc(N=C2N=C(c3ccccc3)N=C2N(O)c2ccc(C(C)(C)C)cc2)cc1. The minimum atomic E-state index is 0.0269. The van der Waals surface area contributed by atoms with Crippen LogP contribution in [0.25, 0.3) is 0 Å². The fourth-order valence-electron chi connectivity index (χ4n) is 3.64. The van der Waals surface area contributed by atoms with E-state index < -0.39 is 0 Å². The molecule has 3 aromatic carbocycles. The Labute approximate surface area is 202 Å². The molecule has 5 nitrogen and oxygen atoms in total. The second-order valence-corrected chi connectivity index (χ2v) is 10.6. The zero-order valence-corrected chi connectivity index (χ0v) is 20.7. The number of rotatable bonds is 3. The van der Waals surface area contributed by atoms with Crippen LogP contribution in [0.15, 0.2) is 93.8 Å². The number of hydrogen-bond donors (Lipinski definition) is 1. The maximum Gasteiger partial charge on any atom is 0.205 e. The number of anilines is 1. The molecule has 1 aliphatic heterocycles. The molecule has 1 aliphatic rings. The molecule has 0 aliphatic carbocycles. The first-order valence-electron chi connectivity index (χ1n) is 11.5. The maximum atomic E-state index is 11.1. The number of amidine groups is 3. The fraction of sp³-hybridized carbons (Fsp3) is 0.276. The Bertz CT molecular complexity index is 1240. The van der Waals surface area contributed by atoms with Gasteiger partial charge in [-0.15, -0.1) is 0 Å². The third kappa shape index (κ3) is 5.15. The molecule has 4 rings (SSSR count). The third-order valence-corrected chi connectivity index (χ3v) is 5.80. The Hall–Kier alpha value is -3.57. The van der Waals surface area contributed by atoms with Gasteiger partial charge in [0.2, 0.25) is 11.7 Å². The van der Waals surface area contributed by atoms with Gasteiger partial charge in [-0.05, 0) is 46.2 Å². The molecule has 0 amide bonds. The van der Waals surface area contributed by atoms with E-state index in [0.717, 1.165) is 16.3 Å². The molecule has 0 radical (unpaired) electrons. The van der Waals surface area contributed by atoms with E-state index in [9.17, 15) is 5.21 Å². The van der Waals surface area contributed by atoms with Gasteiger partial charge in [-0.2, -0.15) is 0 Å². The van der Waals surface area contributed by atoms with E-state index in [-0.39, 0.29) is 10.8 Å². The van der Waals surface area contributed by atoms with Gasteiger partial charge < -0.3 is 0 Å². The molecule has 0 saturated carbocycles. The summed E-state index contributed by atoms with van der Waals surface area (Å²) in [5.41, 5.74) is 4.73. The molecule has 174 valence electrons. The summed E-state index contributed by atoms with van der Waals surface area (Å²) in [5, 5.41) is 12.2. The molecular formula is C29H32N4O. The molecular weight excluding hydrogens is 420 g/mol. The monoisotopic (exact) mass is 452 g/mol. The van der Waals surface area contributed by atoms with Crippen molar-refractivity contribution in [2.75, 3.05) is 5.06 Å². The van der Waals surface area contributed by atoms with Gasteiger partial charge in [-0.25, -0.2) is 20.0 Å². The highest BCUT2D eigenvalue weighted by Crippen LogP contribution is 2.27. The van der Waals surface area contributed by atoms with Gasteiger partial charge in [0.15, 0.2) is 5.84 Å². The van der Waals surface area contributed by atoms with Crippen molar-refractivity contribution in [2.45, 2.75) is 52.4 Å². The van der Waals surface area contributed by atoms with Crippen LogP contribution in [0.5, 0.6) is 0 Å². The van der Waals surface area contributed by atoms with Crippen molar-refractivity contribution in [3.63, 3.8) is 0 Å². The Morgan fingerprint density at radius 2 is 1.21 bits per heavy atom. The van der Waals surface area contributed by atoms with Crippen molar-refractivity contribution in [1.82, 2.24) is 0 Å². The van der Waals surface area contributed by atoms with Crippen LogP contribution in [-0.4, -0.2) is 22.7 Å². The highest BCUT2D eigenvalue weighted by molar-refractivity contribution is 6.51. The molecule has 5 heteroatoms.